The fourth-order valence-corrected chi connectivity index (χ4v) is 6.73. The van der Waals surface area contributed by atoms with Crippen molar-refractivity contribution in [1.29, 1.82) is 0 Å². The summed E-state index contributed by atoms with van der Waals surface area (Å²) < 4.78 is 1.97. The van der Waals surface area contributed by atoms with E-state index < -0.39 is 0 Å². The number of piperazine rings is 1. The summed E-state index contributed by atoms with van der Waals surface area (Å²) >= 11 is 1.85. The Labute approximate surface area is 205 Å². The number of nitrogens with zero attached hydrogens (tertiary/aromatic N) is 5. The van der Waals surface area contributed by atoms with E-state index in [2.05, 4.69) is 51.6 Å². The zero-order valence-electron chi connectivity index (χ0n) is 19.9. The summed E-state index contributed by atoms with van der Waals surface area (Å²) in [5.74, 6) is 0.104. The molecule has 1 saturated heterocycles. The van der Waals surface area contributed by atoms with Gasteiger partial charge in [0.2, 0.25) is 0 Å². The van der Waals surface area contributed by atoms with Gasteiger partial charge in [0, 0.05) is 75.0 Å². The minimum Gasteiger partial charge on any atom is -0.333 e. The molecule has 2 aliphatic heterocycles. The van der Waals surface area contributed by atoms with Gasteiger partial charge >= 0.3 is 0 Å². The predicted octanol–water partition coefficient (Wildman–Crippen LogP) is 3.36. The Hall–Kier alpha value is -2.48. The van der Waals surface area contributed by atoms with Gasteiger partial charge in [-0.3, -0.25) is 19.3 Å². The van der Waals surface area contributed by atoms with Gasteiger partial charge in [-0.25, -0.2) is 0 Å². The van der Waals surface area contributed by atoms with E-state index in [1.54, 1.807) is 0 Å². The second-order valence-electron chi connectivity index (χ2n) is 9.93. The van der Waals surface area contributed by atoms with Crippen LogP contribution in [0.4, 0.5) is 0 Å². The molecule has 1 aromatic carbocycles. The molecule has 34 heavy (non-hydrogen) atoms. The molecule has 7 heteroatoms. The number of carbonyl (C=O) groups excluding carboxylic acids is 1. The smallest absolute Gasteiger partial charge is 0.274 e. The van der Waals surface area contributed by atoms with Gasteiger partial charge < -0.3 is 4.90 Å². The van der Waals surface area contributed by atoms with Gasteiger partial charge in [-0.15, -0.1) is 11.3 Å². The largest absolute Gasteiger partial charge is 0.333 e. The van der Waals surface area contributed by atoms with Crippen molar-refractivity contribution in [3.63, 3.8) is 0 Å². The molecule has 0 radical (unpaired) electrons. The monoisotopic (exact) mass is 475 g/mol. The first-order valence-corrected chi connectivity index (χ1v) is 13.4. The molecule has 0 spiro atoms. The van der Waals surface area contributed by atoms with E-state index in [4.69, 9.17) is 5.10 Å². The number of carbonyl (C=O) groups is 1. The van der Waals surface area contributed by atoms with E-state index in [0.717, 1.165) is 65.0 Å². The van der Waals surface area contributed by atoms with Crippen molar-refractivity contribution in [2.75, 3.05) is 32.7 Å². The van der Waals surface area contributed by atoms with Crippen LogP contribution in [0.5, 0.6) is 0 Å². The number of thiophene rings is 1. The summed E-state index contributed by atoms with van der Waals surface area (Å²) in [6.07, 6.45) is 4.03. The Balaban J connectivity index is 1.14. The Morgan fingerprint density at radius 3 is 2.65 bits per heavy atom. The molecule has 1 amide bonds. The molecule has 0 bridgehead atoms. The zero-order valence-corrected chi connectivity index (χ0v) is 20.8. The van der Waals surface area contributed by atoms with E-state index in [-0.39, 0.29) is 5.91 Å². The summed E-state index contributed by atoms with van der Waals surface area (Å²) in [4.78, 5) is 22.3. The van der Waals surface area contributed by atoms with Crippen molar-refractivity contribution in [2.45, 2.75) is 44.8 Å². The average molecular weight is 476 g/mol. The van der Waals surface area contributed by atoms with Crippen LogP contribution in [0.2, 0.25) is 0 Å². The molecular formula is C27H33N5OS. The minimum atomic E-state index is 0.104. The lowest BCUT2D eigenvalue weighted by molar-refractivity contribution is 0.0722. The number of benzene rings is 1. The highest BCUT2D eigenvalue weighted by Crippen LogP contribution is 2.30. The zero-order chi connectivity index (χ0) is 23.1. The number of hydrogen-bond acceptors (Lipinski definition) is 5. The molecule has 6 nitrogen and oxygen atoms in total. The van der Waals surface area contributed by atoms with Crippen LogP contribution >= 0.6 is 11.3 Å². The third kappa shape index (κ3) is 4.21. The molecule has 1 atom stereocenters. The lowest BCUT2D eigenvalue weighted by atomic mass is 9.89. The molecular weight excluding hydrogens is 442 g/mol. The Kier molecular flexibility index (Phi) is 6.01. The maximum Gasteiger partial charge on any atom is 0.274 e. The molecule has 1 fully saturated rings. The van der Waals surface area contributed by atoms with Crippen molar-refractivity contribution >= 4 is 17.2 Å². The second kappa shape index (κ2) is 9.29. The van der Waals surface area contributed by atoms with Crippen LogP contribution in [0.1, 0.15) is 44.2 Å². The van der Waals surface area contributed by atoms with Gasteiger partial charge in [0.15, 0.2) is 5.69 Å². The fourth-order valence-electron chi connectivity index (χ4n) is 5.98. The van der Waals surface area contributed by atoms with Crippen LogP contribution in [0.3, 0.4) is 0 Å². The Morgan fingerprint density at radius 2 is 1.85 bits per heavy atom. The first kappa shape index (κ1) is 22.0. The predicted molar refractivity (Wildman–Crippen MR) is 135 cm³/mol. The van der Waals surface area contributed by atoms with Gasteiger partial charge in [0.1, 0.15) is 0 Å². The van der Waals surface area contributed by atoms with Crippen LogP contribution in [0.15, 0.2) is 41.8 Å². The highest BCUT2D eigenvalue weighted by atomic mass is 32.1. The highest BCUT2D eigenvalue weighted by molar-refractivity contribution is 7.09. The summed E-state index contributed by atoms with van der Waals surface area (Å²) in [6, 6.07) is 13.4. The second-order valence-corrected chi connectivity index (χ2v) is 11.0. The molecule has 0 N–H and O–H groups in total. The van der Waals surface area contributed by atoms with Crippen LogP contribution in [-0.2, 0) is 39.4 Å². The molecule has 2 aromatic heterocycles. The van der Waals surface area contributed by atoms with Gasteiger partial charge in [-0.2, -0.15) is 5.10 Å². The van der Waals surface area contributed by atoms with Crippen LogP contribution in [0, 0.1) is 0 Å². The summed E-state index contributed by atoms with van der Waals surface area (Å²) in [7, 11) is 2.00. The number of fused-ring (bicyclic) bond motifs is 2. The van der Waals surface area contributed by atoms with E-state index in [1.165, 1.54) is 27.3 Å². The normalized spacial score (nSPS) is 21.3. The molecule has 1 unspecified atom stereocenters. The fraction of sp³-hybridized carbons (Fsp3) is 0.481. The van der Waals surface area contributed by atoms with Gasteiger partial charge in [0.25, 0.3) is 5.91 Å². The maximum absolute atomic E-state index is 13.6. The highest BCUT2D eigenvalue weighted by Gasteiger charge is 2.34. The Morgan fingerprint density at radius 1 is 1.03 bits per heavy atom. The van der Waals surface area contributed by atoms with Gasteiger partial charge in [-0.1, -0.05) is 30.3 Å². The summed E-state index contributed by atoms with van der Waals surface area (Å²) in [5.41, 5.74) is 5.79. The summed E-state index contributed by atoms with van der Waals surface area (Å²) in [5, 5.41) is 6.92. The van der Waals surface area contributed by atoms with Crippen molar-refractivity contribution in [2.24, 2.45) is 7.05 Å². The topological polar surface area (TPSA) is 44.6 Å². The van der Waals surface area contributed by atoms with Crippen molar-refractivity contribution < 1.29 is 4.79 Å². The summed E-state index contributed by atoms with van der Waals surface area (Å²) in [6.45, 7) is 6.99. The number of hydrogen-bond donors (Lipinski definition) is 0. The third-order valence-electron chi connectivity index (χ3n) is 7.93. The molecule has 0 saturated carbocycles. The molecule has 3 aromatic rings. The van der Waals surface area contributed by atoms with E-state index in [0.29, 0.717) is 18.3 Å². The third-order valence-corrected chi connectivity index (χ3v) is 8.79. The van der Waals surface area contributed by atoms with Crippen molar-refractivity contribution in [3.8, 4) is 0 Å². The van der Waals surface area contributed by atoms with E-state index >= 15 is 0 Å². The Bertz CT molecular complexity index is 1160. The van der Waals surface area contributed by atoms with Crippen molar-refractivity contribution in [3.05, 3.63) is 74.7 Å². The number of amides is 1. The number of aromatic nitrogens is 2. The van der Waals surface area contributed by atoms with Crippen LogP contribution < -0.4 is 0 Å². The molecule has 4 heterocycles. The van der Waals surface area contributed by atoms with Crippen LogP contribution in [0.25, 0.3) is 0 Å². The SMILES string of the molecule is Cn1nc(C(=O)N2CCc3ccccc3C2)c2c1CCC(N1CCN(Cc3cccs3)CC1)C2. The van der Waals surface area contributed by atoms with E-state index in [9.17, 15) is 4.79 Å². The lowest BCUT2D eigenvalue weighted by Gasteiger charge is -2.40. The molecule has 178 valence electrons. The van der Waals surface area contributed by atoms with Crippen LogP contribution in [-0.4, -0.2) is 69.2 Å². The lowest BCUT2D eigenvalue weighted by Crippen LogP contribution is -2.51. The molecule has 3 aliphatic rings. The number of aryl methyl sites for hydroxylation is 1. The first-order chi connectivity index (χ1) is 16.7. The first-order valence-electron chi connectivity index (χ1n) is 12.6. The minimum absolute atomic E-state index is 0.104. The van der Waals surface area contributed by atoms with Gasteiger partial charge in [0.05, 0.1) is 0 Å². The average Bonchev–Trinajstić information content (AvgIpc) is 3.51. The van der Waals surface area contributed by atoms with E-state index in [1.807, 2.05) is 28.0 Å². The van der Waals surface area contributed by atoms with Gasteiger partial charge in [-0.05, 0) is 48.3 Å². The molecule has 1 aliphatic carbocycles. The number of rotatable bonds is 4. The maximum atomic E-state index is 13.6. The molecule has 6 rings (SSSR count). The van der Waals surface area contributed by atoms with Crippen molar-refractivity contribution in [1.82, 2.24) is 24.5 Å². The quantitative estimate of drug-likeness (QED) is 0.581. The standard InChI is InChI=1S/C27H33N5OS/c1-29-25-9-8-22(31-14-12-30(13-15-31)19-23-7-4-16-34-23)17-24(25)26(28-29)27(33)32-11-10-20-5-2-3-6-21(20)18-32/h2-7,16,22H,8-15,17-19H2,1H3.